The van der Waals surface area contributed by atoms with E-state index in [4.69, 9.17) is 9.52 Å². The highest BCUT2D eigenvalue weighted by molar-refractivity contribution is 5.10. The van der Waals surface area contributed by atoms with Gasteiger partial charge in [-0.25, -0.2) is 0 Å². The predicted molar refractivity (Wildman–Crippen MR) is 67.9 cm³/mol. The molecule has 0 amide bonds. The molecule has 1 fully saturated rings. The molecule has 1 saturated heterocycles. The summed E-state index contributed by atoms with van der Waals surface area (Å²) in [7, 11) is 0. The van der Waals surface area contributed by atoms with Crippen molar-refractivity contribution in [3.05, 3.63) is 23.7 Å². The lowest BCUT2D eigenvalue weighted by Crippen LogP contribution is -2.34. The average molecular weight is 237 g/mol. The topological polar surface area (TPSA) is 36.6 Å². The van der Waals surface area contributed by atoms with Crippen molar-refractivity contribution in [2.24, 2.45) is 0 Å². The van der Waals surface area contributed by atoms with Crippen LogP contribution in [0, 0.1) is 6.92 Å². The van der Waals surface area contributed by atoms with Gasteiger partial charge in [0, 0.05) is 6.61 Å². The van der Waals surface area contributed by atoms with Gasteiger partial charge in [0.05, 0.1) is 6.04 Å². The molecular weight excluding hydrogens is 214 g/mol. The zero-order chi connectivity index (χ0) is 12.1. The van der Waals surface area contributed by atoms with E-state index < -0.39 is 0 Å². The van der Waals surface area contributed by atoms with Crippen LogP contribution in [0.2, 0.25) is 0 Å². The van der Waals surface area contributed by atoms with Crippen LogP contribution in [0.15, 0.2) is 16.5 Å². The SMILES string of the molecule is Cc1ccc(C2CCCCN2CCCCO)o1. The molecule has 1 unspecified atom stereocenters. The van der Waals surface area contributed by atoms with Crippen LogP contribution in [-0.2, 0) is 0 Å². The quantitative estimate of drug-likeness (QED) is 0.800. The molecule has 1 aromatic rings. The summed E-state index contributed by atoms with van der Waals surface area (Å²) in [6, 6.07) is 4.62. The fourth-order valence-corrected chi connectivity index (χ4v) is 2.64. The van der Waals surface area contributed by atoms with Crippen LogP contribution in [0.5, 0.6) is 0 Å². The van der Waals surface area contributed by atoms with Crippen molar-refractivity contribution in [3.63, 3.8) is 0 Å². The minimum atomic E-state index is 0.304. The number of likely N-dealkylation sites (tertiary alicyclic amines) is 1. The standard InChI is InChI=1S/C14H23NO2/c1-12-7-8-14(17-12)13-6-2-3-9-15(13)10-4-5-11-16/h7-8,13,16H,2-6,9-11H2,1H3. The Morgan fingerprint density at radius 3 is 2.94 bits per heavy atom. The summed E-state index contributed by atoms with van der Waals surface area (Å²) in [4.78, 5) is 2.51. The molecule has 17 heavy (non-hydrogen) atoms. The smallest absolute Gasteiger partial charge is 0.121 e. The first-order valence-electron chi connectivity index (χ1n) is 6.72. The Hall–Kier alpha value is -0.800. The number of hydrogen-bond donors (Lipinski definition) is 1. The highest BCUT2D eigenvalue weighted by Crippen LogP contribution is 2.31. The maximum Gasteiger partial charge on any atom is 0.121 e. The number of hydrogen-bond acceptors (Lipinski definition) is 3. The fourth-order valence-electron chi connectivity index (χ4n) is 2.64. The fraction of sp³-hybridized carbons (Fsp3) is 0.714. The average Bonchev–Trinajstić information content (AvgIpc) is 2.77. The van der Waals surface area contributed by atoms with Gasteiger partial charge in [0.2, 0.25) is 0 Å². The van der Waals surface area contributed by atoms with E-state index in [-0.39, 0.29) is 0 Å². The number of rotatable bonds is 5. The second kappa shape index (κ2) is 6.22. The van der Waals surface area contributed by atoms with Crippen LogP contribution < -0.4 is 0 Å². The third kappa shape index (κ3) is 3.33. The Bertz CT molecular complexity index is 335. The van der Waals surface area contributed by atoms with E-state index in [1.165, 1.54) is 19.3 Å². The molecule has 0 aromatic carbocycles. The van der Waals surface area contributed by atoms with Crippen LogP contribution in [0.1, 0.15) is 49.7 Å². The highest BCUT2D eigenvalue weighted by Gasteiger charge is 2.25. The van der Waals surface area contributed by atoms with E-state index in [1.807, 2.05) is 6.92 Å². The van der Waals surface area contributed by atoms with Gasteiger partial charge in [-0.1, -0.05) is 6.42 Å². The highest BCUT2D eigenvalue weighted by atomic mass is 16.3. The lowest BCUT2D eigenvalue weighted by atomic mass is 9.99. The van der Waals surface area contributed by atoms with Crippen LogP contribution in [-0.4, -0.2) is 29.7 Å². The number of aliphatic hydroxyl groups excluding tert-OH is 1. The Kier molecular flexibility index (Phi) is 4.63. The molecule has 1 aliphatic rings. The van der Waals surface area contributed by atoms with Crippen LogP contribution in [0.4, 0.5) is 0 Å². The van der Waals surface area contributed by atoms with Gasteiger partial charge in [-0.15, -0.1) is 0 Å². The van der Waals surface area contributed by atoms with Gasteiger partial charge in [-0.2, -0.15) is 0 Å². The Labute approximate surface area is 103 Å². The zero-order valence-corrected chi connectivity index (χ0v) is 10.7. The first-order chi connectivity index (χ1) is 8.31. The number of unbranched alkanes of at least 4 members (excludes halogenated alkanes) is 1. The Morgan fingerprint density at radius 2 is 2.24 bits per heavy atom. The van der Waals surface area contributed by atoms with Crippen molar-refractivity contribution in [1.29, 1.82) is 0 Å². The molecule has 0 aliphatic carbocycles. The van der Waals surface area contributed by atoms with E-state index in [2.05, 4.69) is 17.0 Å². The molecule has 3 heteroatoms. The molecule has 1 atom stereocenters. The van der Waals surface area contributed by atoms with Gasteiger partial charge < -0.3 is 9.52 Å². The van der Waals surface area contributed by atoms with Crippen molar-refractivity contribution in [2.75, 3.05) is 19.7 Å². The first kappa shape index (κ1) is 12.7. The predicted octanol–water partition coefficient (Wildman–Crippen LogP) is 2.89. The number of piperidine rings is 1. The Morgan fingerprint density at radius 1 is 1.35 bits per heavy atom. The largest absolute Gasteiger partial charge is 0.465 e. The van der Waals surface area contributed by atoms with E-state index >= 15 is 0 Å². The van der Waals surface area contributed by atoms with Crippen molar-refractivity contribution in [3.8, 4) is 0 Å². The summed E-state index contributed by atoms with van der Waals surface area (Å²) in [6.45, 7) is 4.54. The van der Waals surface area contributed by atoms with Gasteiger partial charge in [-0.3, -0.25) is 4.90 Å². The third-order valence-electron chi connectivity index (χ3n) is 3.56. The monoisotopic (exact) mass is 237 g/mol. The van der Waals surface area contributed by atoms with Crippen LogP contribution >= 0.6 is 0 Å². The van der Waals surface area contributed by atoms with Crippen LogP contribution in [0.25, 0.3) is 0 Å². The van der Waals surface area contributed by atoms with E-state index in [0.29, 0.717) is 12.6 Å². The molecule has 0 spiro atoms. The molecule has 0 bridgehead atoms. The summed E-state index contributed by atoms with van der Waals surface area (Å²) in [5, 5.41) is 8.84. The van der Waals surface area contributed by atoms with Crippen molar-refractivity contribution in [1.82, 2.24) is 4.90 Å². The summed E-state index contributed by atoms with van der Waals surface area (Å²) in [6.07, 6.45) is 5.76. The number of nitrogens with zero attached hydrogens (tertiary/aromatic N) is 1. The molecule has 1 N–H and O–H groups in total. The molecule has 1 aliphatic heterocycles. The minimum Gasteiger partial charge on any atom is -0.465 e. The normalized spacial score (nSPS) is 21.9. The van der Waals surface area contributed by atoms with Crippen LogP contribution in [0.3, 0.4) is 0 Å². The van der Waals surface area contributed by atoms with Gasteiger partial charge in [-0.05, 0) is 57.8 Å². The lowest BCUT2D eigenvalue weighted by molar-refractivity contribution is 0.124. The summed E-state index contributed by atoms with van der Waals surface area (Å²) < 4.78 is 5.77. The third-order valence-corrected chi connectivity index (χ3v) is 3.56. The number of aryl methyl sites for hydroxylation is 1. The van der Waals surface area contributed by atoms with Gasteiger partial charge in [0.15, 0.2) is 0 Å². The maximum absolute atomic E-state index is 8.84. The number of aliphatic hydroxyl groups is 1. The molecule has 1 aromatic heterocycles. The second-order valence-corrected chi connectivity index (χ2v) is 4.93. The van der Waals surface area contributed by atoms with Gasteiger partial charge in [0.25, 0.3) is 0 Å². The molecule has 0 saturated carbocycles. The maximum atomic E-state index is 8.84. The minimum absolute atomic E-state index is 0.304. The van der Waals surface area contributed by atoms with Gasteiger partial charge >= 0.3 is 0 Å². The first-order valence-corrected chi connectivity index (χ1v) is 6.72. The van der Waals surface area contributed by atoms with Crippen molar-refractivity contribution >= 4 is 0 Å². The zero-order valence-electron chi connectivity index (χ0n) is 10.7. The van der Waals surface area contributed by atoms with E-state index in [9.17, 15) is 0 Å². The molecule has 2 heterocycles. The van der Waals surface area contributed by atoms with E-state index in [0.717, 1.165) is 37.5 Å². The van der Waals surface area contributed by atoms with Crippen molar-refractivity contribution in [2.45, 2.75) is 45.1 Å². The summed E-state index contributed by atoms with van der Waals surface area (Å²) in [5.41, 5.74) is 0. The summed E-state index contributed by atoms with van der Waals surface area (Å²) >= 11 is 0. The summed E-state index contributed by atoms with van der Waals surface area (Å²) in [5.74, 6) is 2.12. The lowest BCUT2D eigenvalue weighted by Gasteiger charge is -2.34. The molecule has 0 radical (unpaired) electrons. The van der Waals surface area contributed by atoms with Gasteiger partial charge in [0.1, 0.15) is 11.5 Å². The number of furan rings is 1. The Balaban J connectivity index is 1.96. The molecular formula is C14H23NO2. The molecule has 96 valence electrons. The van der Waals surface area contributed by atoms with Crippen molar-refractivity contribution < 1.29 is 9.52 Å². The second-order valence-electron chi connectivity index (χ2n) is 4.93. The van der Waals surface area contributed by atoms with E-state index in [1.54, 1.807) is 0 Å². The molecule has 3 nitrogen and oxygen atoms in total. The molecule has 2 rings (SSSR count).